The molecule has 31 heavy (non-hydrogen) atoms. The molecule has 2 aromatic carbocycles. The van der Waals surface area contributed by atoms with Crippen molar-refractivity contribution in [1.29, 1.82) is 0 Å². The number of ether oxygens (including phenoxy) is 3. The second kappa shape index (κ2) is 12.1. The van der Waals surface area contributed by atoms with E-state index in [1.807, 2.05) is 6.92 Å². The van der Waals surface area contributed by atoms with Crippen molar-refractivity contribution >= 4 is 29.1 Å². The average molecular weight is 449 g/mol. The lowest BCUT2D eigenvalue weighted by molar-refractivity contribution is -0.122. The second-order valence-electron chi connectivity index (χ2n) is 7.24. The Balaban J connectivity index is 2.02. The highest BCUT2D eigenvalue weighted by atomic mass is 35.5. The number of benzene rings is 2. The van der Waals surface area contributed by atoms with Crippen molar-refractivity contribution in [1.82, 2.24) is 5.32 Å². The number of amides is 2. The van der Waals surface area contributed by atoms with Gasteiger partial charge in [0.1, 0.15) is 5.75 Å². The van der Waals surface area contributed by atoms with Crippen LogP contribution in [0.1, 0.15) is 37.6 Å². The van der Waals surface area contributed by atoms with Gasteiger partial charge in [0.2, 0.25) is 0 Å². The lowest BCUT2D eigenvalue weighted by Gasteiger charge is -2.15. The molecule has 0 aromatic heterocycles. The van der Waals surface area contributed by atoms with Gasteiger partial charge in [-0.05, 0) is 55.7 Å². The number of carbonyl (C=O) groups is 2. The van der Waals surface area contributed by atoms with Crippen LogP contribution in [0.25, 0.3) is 0 Å². The summed E-state index contributed by atoms with van der Waals surface area (Å²) in [6, 6.07) is 9.87. The van der Waals surface area contributed by atoms with Crippen molar-refractivity contribution in [2.24, 2.45) is 5.92 Å². The number of likely N-dealkylation sites (N-methyl/N-ethyl adjacent to an activating group) is 1. The van der Waals surface area contributed by atoms with Gasteiger partial charge in [0.15, 0.2) is 18.1 Å². The smallest absolute Gasteiger partial charge is 0.257 e. The zero-order valence-electron chi connectivity index (χ0n) is 18.3. The molecule has 2 aromatic rings. The second-order valence-corrected chi connectivity index (χ2v) is 7.65. The summed E-state index contributed by atoms with van der Waals surface area (Å²) >= 11 is 6.35. The number of nitrogens with one attached hydrogen (secondary N) is 2. The van der Waals surface area contributed by atoms with E-state index >= 15 is 0 Å². The summed E-state index contributed by atoms with van der Waals surface area (Å²) in [6.07, 6.45) is 0.880. The number of halogens is 1. The van der Waals surface area contributed by atoms with Crippen molar-refractivity contribution in [3.05, 3.63) is 47.0 Å². The van der Waals surface area contributed by atoms with E-state index in [1.54, 1.807) is 36.4 Å². The van der Waals surface area contributed by atoms with Gasteiger partial charge in [-0.2, -0.15) is 0 Å². The molecule has 0 bridgehead atoms. The maximum atomic E-state index is 12.7. The summed E-state index contributed by atoms with van der Waals surface area (Å²) in [4.78, 5) is 24.1. The van der Waals surface area contributed by atoms with Crippen LogP contribution >= 0.6 is 11.6 Å². The van der Waals surface area contributed by atoms with E-state index in [0.717, 1.165) is 6.42 Å². The molecule has 0 saturated carbocycles. The van der Waals surface area contributed by atoms with E-state index in [-0.39, 0.29) is 18.4 Å². The zero-order chi connectivity index (χ0) is 22.8. The van der Waals surface area contributed by atoms with Crippen molar-refractivity contribution in [2.75, 3.05) is 32.2 Å². The summed E-state index contributed by atoms with van der Waals surface area (Å²) in [5.74, 6) is 1.31. The van der Waals surface area contributed by atoms with Crippen molar-refractivity contribution in [3.8, 4) is 17.2 Å². The maximum absolute atomic E-state index is 12.7. The van der Waals surface area contributed by atoms with Gasteiger partial charge in [0.05, 0.1) is 18.7 Å². The fourth-order valence-electron chi connectivity index (χ4n) is 2.62. The van der Waals surface area contributed by atoms with E-state index in [1.165, 1.54) is 7.11 Å². The van der Waals surface area contributed by atoms with Gasteiger partial charge in [-0.1, -0.05) is 25.4 Å². The van der Waals surface area contributed by atoms with Gasteiger partial charge >= 0.3 is 0 Å². The Bertz CT molecular complexity index is 884. The third kappa shape index (κ3) is 7.68. The lowest BCUT2D eigenvalue weighted by Crippen LogP contribution is -2.28. The Morgan fingerprint density at radius 3 is 2.42 bits per heavy atom. The number of carbonyl (C=O) groups excluding carboxylic acids is 2. The SMILES string of the molecule is CCNC(=O)COc1ccc(NC(=O)c2cc(Cl)c(OCCC(C)C)c(OC)c2)cc1. The lowest BCUT2D eigenvalue weighted by atomic mass is 10.1. The first kappa shape index (κ1) is 24.3. The fourth-order valence-corrected chi connectivity index (χ4v) is 2.89. The molecule has 0 aliphatic rings. The van der Waals surface area contributed by atoms with Crippen LogP contribution in [0.3, 0.4) is 0 Å². The van der Waals surface area contributed by atoms with Gasteiger partial charge < -0.3 is 24.8 Å². The summed E-state index contributed by atoms with van der Waals surface area (Å²) in [6.45, 7) is 7.05. The molecule has 0 fully saturated rings. The van der Waals surface area contributed by atoms with Crippen LogP contribution in [-0.4, -0.2) is 38.7 Å². The van der Waals surface area contributed by atoms with Crippen LogP contribution in [-0.2, 0) is 4.79 Å². The number of hydrogen-bond donors (Lipinski definition) is 2. The predicted molar refractivity (Wildman–Crippen MR) is 122 cm³/mol. The summed E-state index contributed by atoms with van der Waals surface area (Å²) in [5, 5.41) is 5.76. The van der Waals surface area contributed by atoms with Gasteiger partial charge in [-0.15, -0.1) is 0 Å². The van der Waals surface area contributed by atoms with E-state index in [0.29, 0.717) is 52.6 Å². The van der Waals surface area contributed by atoms with Crippen LogP contribution in [0.4, 0.5) is 5.69 Å². The molecule has 8 heteroatoms. The largest absolute Gasteiger partial charge is 0.493 e. The van der Waals surface area contributed by atoms with Crippen LogP contribution in [0.2, 0.25) is 5.02 Å². The molecule has 2 N–H and O–H groups in total. The van der Waals surface area contributed by atoms with Crippen molar-refractivity contribution in [2.45, 2.75) is 27.2 Å². The summed E-state index contributed by atoms with van der Waals surface area (Å²) < 4.78 is 16.5. The number of methoxy groups -OCH3 is 1. The van der Waals surface area contributed by atoms with Gasteiger partial charge in [-0.25, -0.2) is 0 Å². The molecular formula is C23H29ClN2O5. The number of rotatable bonds is 11. The molecular weight excluding hydrogens is 420 g/mol. The Morgan fingerprint density at radius 2 is 1.81 bits per heavy atom. The van der Waals surface area contributed by atoms with Crippen LogP contribution in [0, 0.1) is 5.92 Å². The molecule has 0 radical (unpaired) electrons. The predicted octanol–water partition coefficient (Wildman–Crippen LogP) is 4.54. The minimum absolute atomic E-state index is 0.0660. The Labute approximate surface area is 188 Å². The fraction of sp³-hybridized carbons (Fsp3) is 0.391. The minimum atomic E-state index is -0.343. The maximum Gasteiger partial charge on any atom is 0.257 e. The van der Waals surface area contributed by atoms with Crippen molar-refractivity contribution < 1.29 is 23.8 Å². The topological polar surface area (TPSA) is 85.9 Å². The monoisotopic (exact) mass is 448 g/mol. The normalized spacial score (nSPS) is 10.5. The first-order valence-electron chi connectivity index (χ1n) is 10.1. The van der Waals surface area contributed by atoms with Gasteiger partial charge in [0, 0.05) is 17.8 Å². The number of anilines is 1. The molecule has 0 saturated heterocycles. The number of hydrogen-bond acceptors (Lipinski definition) is 5. The van der Waals surface area contributed by atoms with Crippen molar-refractivity contribution in [3.63, 3.8) is 0 Å². The molecule has 168 valence electrons. The Hall–Kier alpha value is -2.93. The minimum Gasteiger partial charge on any atom is -0.493 e. The molecule has 0 aliphatic heterocycles. The van der Waals surface area contributed by atoms with Gasteiger partial charge in [-0.3, -0.25) is 9.59 Å². The molecule has 0 heterocycles. The quantitative estimate of drug-likeness (QED) is 0.527. The molecule has 0 aliphatic carbocycles. The molecule has 0 unspecified atom stereocenters. The van der Waals surface area contributed by atoms with E-state index < -0.39 is 0 Å². The summed E-state index contributed by atoms with van der Waals surface area (Å²) in [5.41, 5.74) is 0.914. The highest BCUT2D eigenvalue weighted by molar-refractivity contribution is 6.32. The molecule has 0 spiro atoms. The zero-order valence-corrected chi connectivity index (χ0v) is 19.0. The standard InChI is InChI=1S/C23H29ClN2O5/c1-5-25-21(27)14-31-18-8-6-17(7-9-18)26-23(28)16-12-19(24)22(20(13-16)29-4)30-11-10-15(2)3/h6-9,12-13,15H,5,10-11,14H2,1-4H3,(H,25,27)(H,26,28). The van der Waals surface area contributed by atoms with E-state index in [4.69, 9.17) is 25.8 Å². The molecule has 0 atom stereocenters. The van der Waals surface area contributed by atoms with Gasteiger partial charge in [0.25, 0.3) is 11.8 Å². The molecule has 2 rings (SSSR count). The van der Waals surface area contributed by atoms with Crippen LogP contribution in [0.15, 0.2) is 36.4 Å². The first-order valence-corrected chi connectivity index (χ1v) is 10.5. The summed E-state index contributed by atoms with van der Waals surface area (Å²) in [7, 11) is 1.50. The van der Waals surface area contributed by atoms with Crippen LogP contribution < -0.4 is 24.8 Å². The first-order chi connectivity index (χ1) is 14.8. The van der Waals surface area contributed by atoms with Crippen LogP contribution in [0.5, 0.6) is 17.2 Å². The Kier molecular flexibility index (Phi) is 9.46. The third-order valence-electron chi connectivity index (χ3n) is 4.29. The highest BCUT2D eigenvalue weighted by Gasteiger charge is 2.16. The average Bonchev–Trinajstić information content (AvgIpc) is 2.74. The molecule has 7 nitrogen and oxygen atoms in total. The third-order valence-corrected chi connectivity index (χ3v) is 4.57. The van der Waals surface area contributed by atoms with E-state index in [9.17, 15) is 9.59 Å². The van der Waals surface area contributed by atoms with E-state index in [2.05, 4.69) is 24.5 Å². The highest BCUT2D eigenvalue weighted by Crippen LogP contribution is 2.37. The molecule has 2 amide bonds. The Morgan fingerprint density at radius 1 is 1.10 bits per heavy atom.